The van der Waals surface area contributed by atoms with E-state index in [1.807, 2.05) is 72.5 Å². The fraction of sp³-hybridized carbons (Fsp3) is 0.278. The molecule has 0 amide bonds. The molecule has 1 N–H and O–H groups in total. The van der Waals surface area contributed by atoms with Gasteiger partial charge in [0.05, 0.1) is 0 Å². The first-order chi connectivity index (χ1) is 10.2. The summed E-state index contributed by atoms with van der Waals surface area (Å²) >= 11 is 0. The van der Waals surface area contributed by atoms with Crippen LogP contribution < -0.4 is 0 Å². The number of carboxylic acids is 1. The molecule has 0 heterocycles. The Balaban J connectivity index is 2.19. The molecule has 0 aliphatic carbocycles. The first-order valence-electron chi connectivity index (χ1n) is 7.25. The smallest absolute Gasteiger partial charge is 0.320 e. The molecule has 3 heteroatoms. The summed E-state index contributed by atoms with van der Waals surface area (Å²) in [6, 6.07) is 19.5. The van der Waals surface area contributed by atoms with Gasteiger partial charge in [0.1, 0.15) is 6.04 Å². The Morgan fingerprint density at radius 3 is 1.71 bits per heavy atom. The number of hydrogen-bond donors (Lipinski definition) is 1. The third kappa shape index (κ3) is 4.43. The predicted octanol–water partition coefficient (Wildman–Crippen LogP) is 3.55. The Bertz CT molecular complexity index is 512. The summed E-state index contributed by atoms with van der Waals surface area (Å²) in [6.07, 6.45) is 0.592. The molecule has 0 aliphatic heterocycles. The predicted molar refractivity (Wildman–Crippen MR) is 83.8 cm³/mol. The van der Waals surface area contributed by atoms with E-state index in [2.05, 4.69) is 0 Å². The SMILES string of the molecule is CC[C@@H](C(=O)O)N(Cc1ccccc1)Cc1ccccc1. The number of benzene rings is 2. The van der Waals surface area contributed by atoms with E-state index >= 15 is 0 Å². The molecule has 0 radical (unpaired) electrons. The first-order valence-corrected chi connectivity index (χ1v) is 7.25. The van der Waals surface area contributed by atoms with Crippen LogP contribution >= 0.6 is 0 Å². The average molecular weight is 283 g/mol. The van der Waals surface area contributed by atoms with Crippen molar-refractivity contribution in [3.05, 3.63) is 71.8 Å². The van der Waals surface area contributed by atoms with Crippen LogP contribution in [0.15, 0.2) is 60.7 Å². The molecule has 21 heavy (non-hydrogen) atoms. The van der Waals surface area contributed by atoms with Crippen LogP contribution in [-0.2, 0) is 17.9 Å². The van der Waals surface area contributed by atoms with Gasteiger partial charge in [0, 0.05) is 13.1 Å². The van der Waals surface area contributed by atoms with Gasteiger partial charge < -0.3 is 5.11 Å². The van der Waals surface area contributed by atoms with Crippen molar-refractivity contribution in [2.75, 3.05) is 0 Å². The fourth-order valence-corrected chi connectivity index (χ4v) is 2.50. The molecule has 0 saturated heterocycles. The van der Waals surface area contributed by atoms with E-state index in [1.54, 1.807) is 0 Å². The van der Waals surface area contributed by atoms with Gasteiger partial charge in [0.2, 0.25) is 0 Å². The van der Waals surface area contributed by atoms with Gasteiger partial charge in [-0.05, 0) is 17.5 Å². The van der Waals surface area contributed by atoms with Crippen molar-refractivity contribution in [2.45, 2.75) is 32.5 Å². The third-order valence-corrected chi connectivity index (χ3v) is 3.57. The molecule has 0 fully saturated rings. The quantitative estimate of drug-likeness (QED) is 0.844. The summed E-state index contributed by atoms with van der Waals surface area (Å²) in [6.45, 7) is 3.20. The first kappa shape index (κ1) is 15.3. The second-order valence-electron chi connectivity index (χ2n) is 5.14. The van der Waals surface area contributed by atoms with Gasteiger partial charge in [-0.2, -0.15) is 0 Å². The van der Waals surface area contributed by atoms with E-state index in [0.717, 1.165) is 11.1 Å². The van der Waals surface area contributed by atoms with E-state index in [4.69, 9.17) is 0 Å². The Kier molecular flexibility index (Phi) is 5.52. The molecular weight excluding hydrogens is 262 g/mol. The summed E-state index contributed by atoms with van der Waals surface area (Å²) in [5, 5.41) is 9.46. The number of nitrogens with zero attached hydrogens (tertiary/aromatic N) is 1. The lowest BCUT2D eigenvalue weighted by atomic mass is 10.1. The summed E-state index contributed by atoms with van der Waals surface area (Å²) in [5.74, 6) is -0.760. The maximum atomic E-state index is 11.5. The van der Waals surface area contributed by atoms with Crippen LogP contribution in [0.25, 0.3) is 0 Å². The Morgan fingerprint density at radius 1 is 0.952 bits per heavy atom. The van der Waals surface area contributed by atoms with E-state index in [9.17, 15) is 9.90 Å². The van der Waals surface area contributed by atoms with Gasteiger partial charge in [-0.3, -0.25) is 9.69 Å². The second kappa shape index (κ2) is 7.60. The van der Waals surface area contributed by atoms with Crippen LogP contribution in [0.3, 0.4) is 0 Å². The topological polar surface area (TPSA) is 40.5 Å². The van der Waals surface area contributed by atoms with Crippen LogP contribution in [0.5, 0.6) is 0 Å². The van der Waals surface area contributed by atoms with E-state index in [-0.39, 0.29) is 0 Å². The number of carboxylic acid groups (broad SMARTS) is 1. The highest BCUT2D eigenvalue weighted by molar-refractivity contribution is 5.73. The lowest BCUT2D eigenvalue weighted by Gasteiger charge is -2.28. The van der Waals surface area contributed by atoms with Crippen LogP contribution in [0.2, 0.25) is 0 Å². The minimum Gasteiger partial charge on any atom is -0.480 e. The zero-order valence-corrected chi connectivity index (χ0v) is 12.3. The van der Waals surface area contributed by atoms with Gasteiger partial charge in [-0.25, -0.2) is 0 Å². The van der Waals surface area contributed by atoms with Gasteiger partial charge in [0.15, 0.2) is 0 Å². The van der Waals surface area contributed by atoms with Crippen LogP contribution in [-0.4, -0.2) is 22.0 Å². The van der Waals surface area contributed by atoms with Gasteiger partial charge in [0.25, 0.3) is 0 Å². The van der Waals surface area contributed by atoms with Crippen molar-refractivity contribution in [2.24, 2.45) is 0 Å². The van der Waals surface area contributed by atoms with Crippen molar-refractivity contribution in [1.29, 1.82) is 0 Å². The van der Waals surface area contributed by atoms with E-state index in [0.29, 0.717) is 19.5 Å². The molecule has 2 rings (SSSR count). The lowest BCUT2D eigenvalue weighted by Crippen LogP contribution is -2.39. The maximum absolute atomic E-state index is 11.5. The van der Waals surface area contributed by atoms with Crippen LogP contribution in [0.1, 0.15) is 24.5 Å². The molecule has 3 nitrogen and oxygen atoms in total. The summed E-state index contributed by atoms with van der Waals surface area (Å²) in [7, 11) is 0. The monoisotopic (exact) mass is 283 g/mol. The van der Waals surface area contributed by atoms with Crippen molar-refractivity contribution >= 4 is 5.97 Å². The molecule has 0 aromatic heterocycles. The van der Waals surface area contributed by atoms with Gasteiger partial charge in [-0.15, -0.1) is 0 Å². The number of aliphatic carboxylic acids is 1. The molecule has 0 saturated carbocycles. The van der Waals surface area contributed by atoms with Crippen molar-refractivity contribution in [1.82, 2.24) is 4.90 Å². The number of carbonyl (C=O) groups is 1. The standard InChI is InChI=1S/C18H21NO2/c1-2-17(18(20)21)19(13-15-9-5-3-6-10-15)14-16-11-7-4-8-12-16/h3-12,17H,2,13-14H2,1H3,(H,20,21)/t17-/m0/s1. The highest BCUT2D eigenvalue weighted by Crippen LogP contribution is 2.15. The molecule has 2 aromatic rings. The second-order valence-corrected chi connectivity index (χ2v) is 5.14. The van der Waals surface area contributed by atoms with Gasteiger partial charge >= 0.3 is 5.97 Å². The summed E-state index contributed by atoms with van der Waals surface area (Å²) in [5.41, 5.74) is 2.27. The molecule has 0 bridgehead atoms. The number of hydrogen-bond acceptors (Lipinski definition) is 2. The maximum Gasteiger partial charge on any atom is 0.320 e. The van der Waals surface area contributed by atoms with Crippen molar-refractivity contribution < 1.29 is 9.90 Å². The molecule has 110 valence electrons. The molecule has 0 spiro atoms. The molecule has 1 atom stereocenters. The highest BCUT2D eigenvalue weighted by Gasteiger charge is 2.23. The van der Waals surface area contributed by atoms with Crippen molar-refractivity contribution in [3.8, 4) is 0 Å². The Hall–Kier alpha value is -2.13. The summed E-state index contributed by atoms with van der Waals surface area (Å²) in [4.78, 5) is 13.5. The largest absolute Gasteiger partial charge is 0.480 e. The summed E-state index contributed by atoms with van der Waals surface area (Å²) < 4.78 is 0. The Morgan fingerprint density at radius 2 is 1.38 bits per heavy atom. The normalized spacial score (nSPS) is 12.3. The van der Waals surface area contributed by atoms with Gasteiger partial charge in [-0.1, -0.05) is 67.6 Å². The Labute approximate surface area is 125 Å². The van der Waals surface area contributed by atoms with Crippen LogP contribution in [0.4, 0.5) is 0 Å². The number of rotatable bonds is 7. The molecule has 2 aromatic carbocycles. The van der Waals surface area contributed by atoms with Crippen molar-refractivity contribution in [3.63, 3.8) is 0 Å². The minimum absolute atomic E-state index is 0.467. The molecular formula is C18H21NO2. The average Bonchev–Trinajstić information content (AvgIpc) is 2.49. The zero-order chi connectivity index (χ0) is 15.1. The van der Waals surface area contributed by atoms with Crippen LogP contribution in [0, 0.1) is 0 Å². The fourth-order valence-electron chi connectivity index (χ4n) is 2.50. The highest BCUT2D eigenvalue weighted by atomic mass is 16.4. The zero-order valence-electron chi connectivity index (χ0n) is 12.3. The molecule has 0 unspecified atom stereocenters. The third-order valence-electron chi connectivity index (χ3n) is 3.57. The lowest BCUT2D eigenvalue weighted by molar-refractivity contribution is -0.144. The minimum atomic E-state index is -0.760. The molecule has 0 aliphatic rings. The van der Waals surface area contributed by atoms with E-state index in [1.165, 1.54) is 0 Å². The van der Waals surface area contributed by atoms with E-state index < -0.39 is 12.0 Å².